The van der Waals surface area contributed by atoms with Crippen LogP contribution in [-0.4, -0.2) is 32.9 Å². The Morgan fingerprint density at radius 1 is 0.931 bits per heavy atom. The second-order valence-electron chi connectivity index (χ2n) is 5.59. The summed E-state index contributed by atoms with van der Waals surface area (Å²) in [5, 5.41) is 0.653. The second kappa shape index (κ2) is 12.0. The lowest BCUT2D eigenvalue weighted by atomic mass is 10.2. The number of esters is 1. The topological polar surface area (TPSA) is 54.0 Å². The Labute approximate surface area is 189 Å². The van der Waals surface area contributed by atoms with Gasteiger partial charge in [-0.05, 0) is 30.3 Å². The highest BCUT2D eigenvalue weighted by Crippen LogP contribution is 2.37. The fourth-order valence-electron chi connectivity index (χ4n) is 2.19. The van der Waals surface area contributed by atoms with Crippen molar-refractivity contribution in [3.05, 3.63) is 62.6 Å². The Morgan fingerprint density at radius 2 is 1.55 bits per heavy atom. The van der Waals surface area contributed by atoms with Gasteiger partial charge in [-0.25, -0.2) is 4.79 Å². The van der Waals surface area contributed by atoms with Gasteiger partial charge in [-0.3, -0.25) is 0 Å². The molecule has 5 nitrogen and oxygen atoms in total. The molecule has 0 aliphatic heterocycles. The summed E-state index contributed by atoms with van der Waals surface area (Å²) >= 11 is 23.5. The first-order chi connectivity index (χ1) is 13.9. The molecule has 0 unspecified atom stereocenters. The van der Waals surface area contributed by atoms with E-state index in [0.29, 0.717) is 52.5 Å². The standard InChI is InChI=1S/C20H18Cl4O5/c1-26-20(25)13-3-5-14(6-4-13)27-8-2-9-29-19-16(21)11-15(12-17(19)22)28-10-7-18(23)24/h3-7,11-12H,2,8-10H2,1H3. The van der Waals surface area contributed by atoms with Crippen LogP contribution in [-0.2, 0) is 4.74 Å². The van der Waals surface area contributed by atoms with E-state index < -0.39 is 5.97 Å². The maximum Gasteiger partial charge on any atom is 0.337 e. The zero-order chi connectivity index (χ0) is 21.2. The minimum absolute atomic E-state index is 0.115. The van der Waals surface area contributed by atoms with E-state index in [2.05, 4.69) is 4.74 Å². The van der Waals surface area contributed by atoms with Crippen LogP contribution in [0.15, 0.2) is 47.0 Å². The summed E-state index contributed by atoms with van der Waals surface area (Å²) in [6.45, 7) is 0.956. The minimum atomic E-state index is -0.394. The van der Waals surface area contributed by atoms with Gasteiger partial charge in [-0.1, -0.05) is 46.4 Å². The number of carbonyl (C=O) groups is 1. The number of rotatable bonds is 10. The van der Waals surface area contributed by atoms with Gasteiger partial charge in [0.15, 0.2) is 5.75 Å². The molecule has 0 saturated heterocycles. The van der Waals surface area contributed by atoms with Crippen LogP contribution in [0, 0.1) is 0 Å². The lowest BCUT2D eigenvalue weighted by Gasteiger charge is -2.12. The van der Waals surface area contributed by atoms with Crippen molar-refractivity contribution >= 4 is 52.4 Å². The fourth-order valence-corrected chi connectivity index (χ4v) is 2.89. The molecule has 0 heterocycles. The molecule has 0 bridgehead atoms. The van der Waals surface area contributed by atoms with Crippen LogP contribution in [0.3, 0.4) is 0 Å². The lowest BCUT2D eigenvalue weighted by Crippen LogP contribution is -2.06. The molecule has 2 aromatic rings. The average molecular weight is 480 g/mol. The number of carbonyl (C=O) groups excluding carboxylic acids is 1. The summed E-state index contributed by atoms with van der Waals surface area (Å²) in [7, 11) is 1.33. The van der Waals surface area contributed by atoms with Crippen LogP contribution in [0.25, 0.3) is 0 Å². The third-order valence-corrected chi connectivity index (χ3v) is 4.41. The van der Waals surface area contributed by atoms with E-state index in [9.17, 15) is 4.79 Å². The Balaban J connectivity index is 1.78. The predicted molar refractivity (Wildman–Crippen MR) is 115 cm³/mol. The van der Waals surface area contributed by atoms with E-state index in [4.69, 9.17) is 60.6 Å². The molecule has 0 aliphatic carbocycles. The average Bonchev–Trinajstić information content (AvgIpc) is 2.69. The zero-order valence-electron chi connectivity index (χ0n) is 15.4. The van der Waals surface area contributed by atoms with Crippen LogP contribution in [0.4, 0.5) is 0 Å². The van der Waals surface area contributed by atoms with Gasteiger partial charge >= 0.3 is 5.97 Å². The first-order valence-corrected chi connectivity index (χ1v) is 9.99. The summed E-state index contributed by atoms with van der Waals surface area (Å²) in [5.41, 5.74) is 0.460. The van der Waals surface area contributed by atoms with Crippen LogP contribution in [0.2, 0.25) is 10.0 Å². The van der Waals surface area contributed by atoms with Gasteiger partial charge < -0.3 is 18.9 Å². The van der Waals surface area contributed by atoms with E-state index in [0.717, 1.165) is 0 Å². The highest BCUT2D eigenvalue weighted by Gasteiger charge is 2.11. The van der Waals surface area contributed by atoms with Crippen LogP contribution in [0.1, 0.15) is 16.8 Å². The van der Waals surface area contributed by atoms with Crippen LogP contribution < -0.4 is 14.2 Å². The fraction of sp³-hybridized carbons (Fsp3) is 0.250. The van der Waals surface area contributed by atoms with Crippen LogP contribution in [0.5, 0.6) is 17.2 Å². The third kappa shape index (κ3) is 7.86. The molecule has 0 saturated carbocycles. The zero-order valence-corrected chi connectivity index (χ0v) is 18.4. The van der Waals surface area contributed by atoms with Gasteiger partial charge in [0.2, 0.25) is 0 Å². The molecule has 0 atom stereocenters. The smallest absolute Gasteiger partial charge is 0.337 e. The number of hydrogen-bond donors (Lipinski definition) is 0. The predicted octanol–water partition coefficient (Wildman–Crippen LogP) is 6.33. The Kier molecular flexibility index (Phi) is 9.74. The molecule has 0 amide bonds. The highest BCUT2D eigenvalue weighted by molar-refractivity contribution is 6.55. The summed E-state index contributed by atoms with van der Waals surface area (Å²) in [6, 6.07) is 9.87. The van der Waals surface area contributed by atoms with Gasteiger partial charge in [-0.2, -0.15) is 0 Å². The number of ether oxygens (including phenoxy) is 4. The monoisotopic (exact) mass is 478 g/mol. The molecule has 0 fully saturated rings. The van der Waals surface area contributed by atoms with Crippen molar-refractivity contribution in [2.45, 2.75) is 6.42 Å². The SMILES string of the molecule is COC(=O)c1ccc(OCCCOc2c(Cl)cc(OCC=C(Cl)Cl)cc2Cl)cc1. The summed E-state index contributed by atoms with van der Waals surface area (Å²) in [5.74, 6) is 1.08. The molecular formula is C20H18Cl4O5. The lowest BCUT2D eigenvalue weighted by molar-refractivity contribution is 0.0600. The number of methoxy groups -OCH3 is 1. The molecule has 9 heteroatoms. The van der Waals surface area contributed by atoms with E-state index in [-0.39, 0.29) is 11.1 Å². The highest BCUT2D eigenvalue weighted by atomic mass is 35.5. The minimum Gasteiger partial charge on any atom is -0.493 e. The largest absolute Gasteiger partial charge is 0.493 e. The van der Waals surface area contributed by atoms with Gasteiger partial charge in [0, 0.05) is 18.6 Å². The first-order valence-electron chi connectivity index (χ1n) is 8.47. The molecule has 0 aliphatic rings. The van der Waals surface area contributed by atoms with Crippen molar-refractivity contribution in [2.24, 2.45) is 0 Å². The molecule has 29 heavy (non-hydrogen) atoms. The van der Waals surface area contributed by atoms with Gasteiger partial charge in [-0.15, -0.1) is 0 Å². The molecule has 0 aromatic heterocycles. The van der Waals surface area contributed by atoms with Gasteiger partial charge in [0.25, 0.3) is 0 Å². The summed E-state index contributed by atoms with van der Waals surface area (Å²) in [6.07, 6.45) is 2.10. The van der Waals surface area contributed by atoms with E-state index >= 15 is 0 Å². The normalized spacial score (nSPS) is 10.2. The molecular weight excluding hydrogens is 462 g/mol. The Morgan fingerprint density at radius 3 is 2.14 bits per heavy atom. The van der Waals surface area contributed by atoms with Gasteiger partial charge in [0.1, 0.15) is 22.6 Å². The summed E-state index contributed by atoms with van der Waals surface area (Å²) < 4.78 is 21.5. The molecule has 0 radical (unpaired) electrons. The molecule has 2 rings (SSSR count). The van der Waals surface area contributed by atoms with E-state index in [1.807, 2.05) is 0 Å². The molecule has 156 valence electrons. The van der Waals surface area contributed by atoms with E-state index in [1.165, 1.54) is 13.2 Å². The van der Waals surface area contributed by atoms with Crippen LogP contribution >= 0.6 is 46.4 Å². The van der Waals surface area contributed by atoms with Crippen molar-refractivity contribution in [3.63, 3.8) is 0 Å². The van der Waals surface area contributed by atoms with Gasteiger partial charge in [0.05, 0.1) is 35.9 Å². The number of benzene rings is 2. The van der Waals surface area contributed by atoms with Crippen molar-refractivity contribution in [2.75, 3.05) is 26.9 Å². The van der Waals surface area contributed by atoms with Crippen molar-refractivity contribution in [1.82, 2.24) is 0 Å². The van der Waals surface area contributed by atoms with Crippen molar-refractivity contribution < 1.29 is 23.7 Å². The maximum atomic E-state index is 11.4. The van der Waals surface area contributed by atoms with Crippen molar-refractivity contribution in [1.29, 1.82) is 0 Å². The number of halogens is 4. The second-order valence-corrected chi connectivity index (χ2v) is 7.41. The molecule has 0 spiro atoms. The first kappa shape index (κ1) is 23.5. The van der Waals surface area contributed by atoms with Crippen molar-refractivity contribution in [3.8, 4) is 17.2 Å². The molecule has 0 N–H and O–H groups in total. The van der Waals surface area contributed by atoms with E-state index in [1.54, 1.807) is 36.4 Å². The quantitative estimate of drug-likeness (QED) is 0.294. The maximum absolute atomic E-state index is 11.4. The Bertz CT molecular complexity index is 825. The molecule has 2 aromatic carbocycles. The Hall–Kier alpha value is -1.79. The number of hydrogen-bond acceptors (Lipinski definition) is 5. The third-order valence-electron chi connectivity index (χ3n) is 3.54. The summed E-state index contributed by atoms with van der Waals surface area (Å²) in [4.78, 5) is 11.4.